The summed E-state index contributed by atoms with van der Waals surface area (Å²) in [5.41, 5.74) is 0. The zero-order valence-electron chi connectivity index (χ0n) is 13.6. The van der Waals surface area contributed by atoms with E-state index < -0.39 is 8.32 Å². The van der Waals surface area contributed by atoms with Crippen LogP contribution in [0.3, 0.4) is 0 Å². The summed E-state index contributed by atoms with van der Waals surface area (Å²) in [4.78, 5) is 0. The topological polar surface area (TPSA) is 9.23 Å². The number of hydrogen-bond donors (Lipinski definition) is 0. The lowest BCUT2D eigenvalue weighted by molar-refractivity contribution is 0.405. The summed E-state index contributed by atoms with van der Waals surface area (Å²) < 4.78 is 6.49. The summed E-state index contributed by atoms with van der Waals surface area (Å²) in [6.45, 7) is 0. The van der Waals surface area contributed by atoms with Crippen molar-refractivity contribution in [3.63, 3.8) is 0 Å². The van der Waals surface area contributed by atoms with Crippen molar-refractivity contribution in [2.45, 2.75) is 77.0 Å². The quantitative estimate of drug-likeness (QED) is 0.605. The molecule has 116 valence electrons. The third kappa shape index (κ3) is 2.98. The maximum Gasteiger partial charge on any atom is 0.274 e. The molecular weight excluding hydrogens is 272 g/mol. The van der Waals surface area contributed by atoms with E-state index in [1.54, 1.807) is 15.6 Å². The van der Waals surface area contributed by atoms with Gasteiger partial charge in [0.25, 0.3) is 8.32 Å². The molecule has 0 saturated carbocycles. The van der Waals surface area contributed by atoms with Gasteiger partial charge in [-0.2, -0.15) is 0 Å². The molecule has 0 radical (unpaired) electrons. The van der Waals surface area contributed by atoms with Crippen molar-refractivity contribution in [1.82, 2.24) is 0 Å². The van der Waals surface area contributed by atoms with E-state index in [0.717, 1.165) is 0 Å². The molecule has 0 N–H and O–H groups in total. The van der Waals surface area contributed by atoms with Crippen molar-refractivity contribution in [2.75, 3.05) is 7.11 Å². The largest absolute Gasteiger partial charge is 0.408 e. The highest BCUT2D eigenvalue weighted by atomic mass is 28.4. The van der Waals surface area contributed by atoms with Crippen molar-refractivity contribution in [3.8, 4) is 0 Å². The Labute approximate surface area is 131 Å². The molecule has 0 aliphatic heterocycles. The molecule has 0 saturated heterocycles. The fourth-order valence-corrected chi connectivity index (χ4v) is 9.39. The van der Waals surface area contributed by atoms with Gasteiger partial charge in [0.15, 0.2) is 0 Å². The fourth-order valence-electron chi connectivity index (χ4n) is 4.49. The normalized spacial score (nSPS) is 24.1. The highest BCUT2D eigenvalue weighted by Gasteiger charge is 2.45. The smallest absolute Gasteiger partial charge is 0.274 e. The van der Waals surface area contributed by atoms with E-state index >= 15 is 0 Å². The molecule has 0 fully saturated rings. The van der Waals surface area contributed by atoms with E-state index in [1.807, 2.05) is 7.11 Å². The molecule has 0 aromatic heterocycles. The number of allylic oxidation sites excluding steroid dienone is 6. The van der Waals surface area contributed by atoms with Crippen LogP contribution in [0, 0.1) is 0 Å². The fraction of sp³-hybridized carbons (Fsp3) is 0.684. The molecule has 0 aromatic carbocycles. The summed E-state index contributed by atoms with van der Waals surface area (Å²) in [5.74, 6) is 0. The summed E-state index contributed by atoms with van der Waals surface area (Å²) in [5, 5.41) is 5.12. The van der Waals surface area contributed by atoms with Crippen LogP contribution in [0.1, 0.15) is 77.0 Å². The Kier molecular flexibility index (Phi) is 5.18. The first-order valence-electron chi connectivity index (χ1n) is 9.01. The molecule has 0 aromatic rings. The van der Waals surface area contributed by atoms with Crippen molar-refractivity contribution in [3.05, 3.63) is 33.8 Å². The Morgan fingerprint density at radius 1 is 0.667 bits per heavy atom. The molecule has 2 heteroatoms. The maximum absolute atomic E-state index is 6.49. The molecule has 1 nitrogen and oxygen atoms in total. The average molecular weight is 303 g/mol. The van der Waals surface area contributed by atoms with E-state index in [1.165, 1.54) is 77.0 Å². The SMILES string of the molecule is CO[Si](C1=CCCCC1)(C1=CCCCC1)C1=CCCCC1. The van der Waals surface area contributed by atoms with Gasteiger partial charge in [-0.25, -0.2) is 0 Å². The van der Waals surface area contributed by atoms with E-state index in [2.05, 4.69) is 18.2 Å². The van der Waals surface area contributed by atoms with Gasteiger partial charge >= 0.3 is 0 Å². The van der Waals surface area contributed by atoms with Crippen LogP contribution in [-0.2, 0) is 4.43 Å². The lowest BCUT2D eigenvalue weighted by atomic mass is 10.1. The summed E-state index contributed by atoms with van der Waals surface area (Å²) in [6, 6.07) is 0. The second-order valence-corrected chi connectivity index (χ2v) is 10.5. The van der Waals surface area contributed by atoms with Crippen LogP contribution in [0.25, 0.3) is 0 Å². The molecule has 0 bridgehead atoms. The van der Waals surface area contributed by atoms with Gasteiger partial charge in [-0.05, 0) is 77.0 Å². The number of rotatable bonds is 4. The third-order valence-corrected chi connectivity index (χ3v) is 10.2. The Hall–Kier alpha value is -0.603. The zero-order valence-corrected chi connectivity index (χ0v) is 14.6. The molecule has 0 spiro atoms. The molecule has 0 unspecified atom stereocenters. The van der Waals surface area contributed by atoms with Gasteiger partial charge in [-0.3, -0.25) is 0 Å². The Bertz CT molecular complexity index is 394. The van der Waals surface area contributed by atoms with Crippen LogP contribution in [-0.4, -0.2) is 15.4 Å². The molecule has 21 heavy (non-hydrogen) atoms. The summed E-state index contributed by atoms with van der Waals surface area (Å²) in [6.07, 6.45) is 23.6. The van der Waals surface area contributed by atoms with Gasteiger partial charge in [-0.1, -0.05) is 33.8 Å². The van der Waals surface area contributed by atoms with Gasteiger partial charge in [-0.15, -0.1) is 0 Å². The minimum Gasteiger partial charge on any atom is -0.408 e. The van der Waals surface area contributed by atoms with E-state index in [9.17, 15) is 0 Å². The summed E-state index contributed by atoms with van der Waals surface area (Å²) >= 11 is 0. The monoisotopic (exact) mass is 302 g/mol. The highest BCUT2D eigenvalue weighted by Crippen LogP contribution is 2.43. The predicted octanol–water partition coefficient (Wildman–Crippen LogP) is 5.70. The molecule has 3 aliphatic rings. The van der Waals surface area contributed by atoms with Crippen LogP contribution in [0.4, 0.5) is 0 Å². The molecule has 3 rings (SSSR count). The van der Waals surface area contributed by atoms with Gasteiger partial charge < -0.3 is 4.43 Å². The zero-order chi connectivity index (χ0) is 14.5. The Morgan fingerprint density at radius 2 is 1.05 bits per heavy atom. The molecule has 0 atom stereocenters. The molecule has 0 amide bonds. The first-order chi connectivity index (χ1) is 10.4. The van der Waals surface area contributed by atoms with E-state index in [-0.39, 0.29) is 0 Å². The molecular formula is C19H30OSi. The lowest BCUT2D eigenvalue weighted by Gasteiger charge is -2.40. The van der Waals surface area contributed by atoms with Crippen LogP contribution in [0.5, 0.6) is 0 Å². The average Bonchev–Trinajstić information content (AvgIpc) is 2.59. The third-order valence-electron chi connectivity index (χ3n) is 5.54. The van der Waals surface area contributed by atoms with Crippen LogP contribution in [0.2, 0.25) is 0 Å². The van der Waals surface area contributed by atoms with Gasteiger partial charge in [0, 0.05) is 7.11 Å². The lowest BCUT2D eigenvalue weighted by Crippen LogP contribution is -2.47. The van der Waals surface area contributed by atoms with Gasteiger partial charge in [0.05, 0.1) is 0 Å². The van der Waals surface area contributed by atoms with Crippen molar-refractivity contribution in [1.29, 1.82) is 0 Å². The second-order valence-electron chi connectivity index (χ2n) is 6.81. The molecule has 0 heterocycles. The van der Waals surface area contributed by atoms with Crippen LogP contribution in [0.15, 0.2) is 33.8 Å². The van der Waals surface area contributed by atoms with E-state index in [4.69, 9.17) is 4.43 Å². The Balaban J connectivity index is 2.04. The van der Waals surface area contributed by atoms with Gasteiger partial charge in [0.2, 0.25) is 0 Å². The van der Waals surface area contributed by atoms with Gasteiger partial charge in [0.1, 0.15) is 0 Å². The van der Waals surface area contributed by atoms with Crippen LogP contribution >= 0.6 is 0 Å². The van der Waals surface area contributed by atoms with Crippen molar-refractivity contribution in [2.24, 2.45) is 0 Å². The summed E-state index contributed by atoms with van der Waals surface area (Å²) in [7, 11) is 0.0229. The number of hydrogen-bond acceptors (Lipinski definition) is 1. The maximum atomic E-state index is 6.49. The minimum absolute atomic E-state index is 1.27. The first-order valence-corrected chi connectivity index (χ1v) is 10.9. The molecule has 3 aliphatic carbocycles. The second kappa shape index (κ2) is 7.10. The Morgan fingerprint density at radius 3 is 1.29 bits per heavy atom. The van der Waals surface area contributed by atoms with Crippen LogP contribution < -0.4 is 0 Å². The minimum atomic E-state index is -1.98. The standard InChI is InChI=1S/C19H30OSi/c1-20-21(17-11-5-2-6-12-17,18-13-7-3-8-14-18)19-15-9-4-10-16-19/h11,13,15H,2-10,12,14,16H2,1H3. The van der Waals surface area contributed by atoms with Crippen molar-refractivity contribution < 1.29 is 4.43 Å². The van der Waals surface area contributed by atoms with Crippen molar-refractivity contribution >= 4 is 8.32 Å². The van der Waals surface area contributed by atoms with E-state index in [0.29, 0.717) is 0 Å². The predicted molar refractivity (Wildman–Crippen MR) is 92.4 cm³/mol. The highest BCUT2D eigenvalue weighted by molar-refractivity contribution is 6.93. The first kappa shape index (κ1) is 15.3.